The first kappa shape index (κ1) is 25.8. The summed E-state index contributed by atoms with van der Waals surface area (Å²) in [7, 11) is 2.97. The highest BCUT2D eigenvalue weighted by Gasteiger charge is 2.42. The monoisotopic (exact) mass is 515 g/mol. The highest BCUT2D eigenvalue weighted by atomic mass is 16.5. The van der Waals surface area contributed by atoms with E-state index in [0.29, 0.717) is 35.2 Å². The zero-order chi connectivity index (χ0) is 26.8. The summed E-state index contributed by atoms with van der Waals surface area (Å²) in [6.07, 6.45) is 4.63. The van der Waals surface area contributed by atoms with Crippen molar-refractivity contribution in [3.63, 3.8) is 0 Å². The topological polar surface area (TPSA) is 90.9 Å². The summed E-state index contributed by atoms with van der Waals surface area (Å²) in [5.74, 6) is -0.730. The summed E-state index contributed by atoms with van der Waals surface area (Å²) in [5, 5.41) is 3.40. The van der Waals surface area contributed by atoms with Crippen LogP contribution in [0.1, 0.15) is 78.8 Å². The van der Waals surface area contributed by atoms with Gasteiger partial charge in [-0.25, -0.2) is 9.59 Å². The Kier molecular flexibility index (Phi) is 7.36. The van der Waals surface area contributed by atoms with Gasteiger partial charge in [-0.1, -0.05) is 30.3 Å². The van der Waals surface area contributed by atoms with E-state index in [2.05, 4.69) is 5.32 Å². The predicted molar refractivity (Wildman–Crippen MR) is 142 cm³/mol. The van der Waals surface area contributed by atoms with Crippen LogP contribution in [0.3, 0.4) is 0 Å². The largest absolute Gasteiger partial charge is 0.496 e. The number of dihydropyridines is 1. The summed E-state index contributed by atoms with van der Waals surface area (Å²) in [4.78, 5) is 39.5. The molecule has 1 aliphatic heterocycles. The number of carbonyl (C=O) groups excluding carboxylic acids is 3. The van der Waals surface area contributed by atoms with E-state index in [0.717, 1.165) is 48.3 Å². The first-order chi connectivity index (χ1) is 18.4. The third-order valence-electron chi connectivity index (χ3n) is 7.87. The van der Waals surface area contributed by atoms with Crippen LogP contribution in [0.25, 0.3) is 0 Å². The van der Waals surface area contributed by atoms with Crippen LogP contribution >= 0.6 is 0 Å². The molecule has 7 nitrogen and oxygen atoms in total. The smallest absolute Gasteiger partial charge is 0.337 e. The minimum absolute atomic E-state index is 0.0182. The van der Waals surface area contributed by atoms with E-state index in [1.54, 1.807) is 31.4 Å². The fourth-order valence-corrected chi connectivity index (χ4v) is 6.02. The number of allylic oxidation sites excluding steroid dienone is 3. The molecule has 0 spiro atoms. The molecule has 2 atom stereocenters. The lowest BCUT2D eigenvalue weighted by Crippen LogP contribution is -2.36. The van der Waals surface area contributed by atoms with Gasteiger partial charge in [0.2, 0.25) is 0 Å². The predicted octanol–water partition coefficient (Wildman–Crippen LogP) is 5.33. The molecule has 0 bridgehead atoms. The molecule has 7 heteroatoms. The maximum atomic E-state index is 13.8. The highest BCUT2D eigenvalue weighted by Crippen LogP contribution is 2.47. The number of para-hydroxylation sites is 1. The van der Waals surface area contributed by atoms with Gasteiger partial charge >= 0.3 is 11.9 Å². The number of rotatable bonds is 6. The Balaban J connectivity index is 1.55. The standard InChI is InChI=1S/C31H33NO6/c1-18-27(31(35)38-22-8-4-5-9-22)28(19-12-14-20(15-13-19)30(34)37-3)29-24(32-18)16-21(17-25(29)33)23-10-6-7-11-26(23)36-2/h6-7,10-15,21-22,28,32H,4-5,8-9,16-17H2,1-3H3/t21-,28+/m1/s1. The summed E-state index contributed by atoms with van der Waals surface area (Å²) in [6.45, 7) is 1.86. The Labute approximate surface area is 222 Å². The van der Waals surface area contributed by atoms with Gasteiger partial charge in [0.05, 0.1) is 25.4 Å². The number of carbonyl (C=O) groups is 3. The molecule has 5 rings (SSSR count). The van der Waals surface area contributed by atoms with E-state index >= 15 is 0 Å². The minimum atomic E-state index is -0.585. The van der Waals surface area contributed by atoms with Gasteiger partial charge in [0, 0.05) is 35.2 Å². The number of esters is 2. The first-order valence-electron chi connectivity index (χ1n) is 13.2. The van der Waals surface area contributed by atoms with Crippen LogP contribution in [0.15, 0.2) is 71.1 Å². The van der Waals surface area contributed by atoms with Crippen molar-refractivity contribution in [1.29, 1.82) is 0 Å². The van der Waals surface area contributed by atoms with Crippen LogP contribution < -0.4 is 10.1 Å². The Hall–Kier alpha value is -3.87. The maximum Gasteiger partial charge on any atom is 0.337 e. The van der Waals surface area contributed by atoms with Gasteiger partial charge in [0.1, 0.15) is 11.9 Å². The number of hydrogen-bond donors (Lipinski definition) is 1. The van der Waals surface area contributed by atoms with Crippen molar-refractivity contribution in [1.82, 2.24) is 5.32 Å². The van der Waals surface area contributed by atoms with Crippen LogP contribution in [0.2, 0.25) is 0 Å². The fraction of sp³-hybridized carbons (Fsp3) is 0.387. The lowest BCUT2D eigenvalue weighted by molar-refractivity contribution is -0.144. The molecule has 2 aliphatic carbocycles. The third kappa shape index (κ3) is 4.85. The van der Waals surface area contributed by atoms with Gasteiger partial charge < -0.3 is 19.5 Å². The molecule has 0 amide bonds. The van der Waals surface area contributed by atoms with E-state index in [-0.39, 0.29) is 17.8 Å². The molecule has 1 fully saturated rings. The van der Waals surface area contributed by atoms with Crippen molar-refractivity contribution in [2.24, 2.45) is 0 Å². The van der Waals surface area contributed by atoms with E-state index in [4.69, 9.17) is 14.2 Å². The van der Waals surface area contributed by atoms with Crippen molar-refractivity contribution >= 4 is 17.7 Å². The molecule has 38 heavy (non-hydrogen) atoms. The Morgan fingerprint density at radius 2 is 1.63 bits per heavy atom. The lowest BCUT2D eigenvalue weighted by Gasteiger charge is -2.37. The Bertz CT molecular complexity index is 1320. The maximum absolute atomic E-state index is 13.8. The molecule has 1 saturated carbocycles. The second-order valence-electron chi connectivity index (χ2n) is 10.2. The fourth-order valence-electron chi connectivity index (χ4n) is 6.02. The average molecular weight is 516 g/mol. The van der Waals surface area contributed by atoms with E-state index in [9.17, 15) is 14.4 Å². The number of Topliss-reactive ketones (excluding diaryl/α,β-unsaturated/α-hetero) is 1. The average Bonchev–Trinajstić information content (AvgIpc) is 3.44. The molecule has 1 heterocycles. The Morgan fingerprint density at radius 3 is 2.32 bits per heavy atom. The second kappa shape index (κ2) is 10.9. The number of benzene rings is 2. The Morgan fingerprint density at radius 1 is 0.921 bits per heavy atom. The minimum Gasteiger partial charge on any atom is -0.496 e. The van der Waals surface area contributed by atoms with Crippen LogP contribution in [0, 0.1) is 0 Å². The molecule has 0 unspecified atom stereocenters. The second-order valence-corrected chi connectivity index (χ2v) is 10.2. The molecule has 1 N–H and O–H groups in total. The van der Waals surface area contributed by atoms with Gasteiger partial charge in [-0.3, -0.25) is 4.79 Å². The van der Waals surface area contributed by atoms with Crippen molar-refractivity contribution < 1.29 is 28.6 Å². The number of nitrogens with one attached hydrogen (secondary N) is 1. The lowest BCUT2D eigenvalue weighted by atomic mass is 9.71. The molecule has 2 aromatic rings. The highest BCUT2D eigenvalue weighted by molar-refractivity contribution is 6.04. The zero-order valence-electron chi connectivity index (χ0n) is 22.0. The van der Waals surface area contributed by atoms with Crippen molar-refractivity contribution in [2.45, 2.75) is 63.4 Å². The molecular weight excluding hydrogens is 482 g/mol. The van der Waals surface area contributed by atoms with Crippen LogP contribution in [0.4, 0.5) is 0 Å². The van der Waals surface area contributed by atoms with E-state index in [1.165, 1.54) is 7.11 Å². The van der Waals surface area contributed by atoms with Gasteiger partial charge in [0.15, 0.2) is 5.78 Å². The number of ketones is 1. The molecule has 3 aliphatic rings. The molecule has 0 saturated heterocycles. The van der Waals surface area contributed by atoms with Gasteiger partial charge in [-0.15, -0.1) is 0 Å². The number of hydrogen-bond acceptors (Lipinski definition) is 7. The van der Waals surface area contributed by atoms with E-state index < -0.39 is 17.9 Å². The number of ether oxygens (including phenoxy) is 3. The summed E-state index contributed by atoms with van der Waals surface area (Å²) < 4.78 is 16.3. The number of methoxy groups -OCH3 is 2. The van der Waals surface area contributed by atoms with Gasteiger partial charge in [0.25, 0.3) is 0 Å². The third-order valence-corrected chi connectivity index (χ3v) is 7.87. The van der Waals surface area contributed by atoms with Crippen molar-refractivity contribution in [2.75, 3.05) is 14.2 Å². The quantitative estimate of drug-likeness (QED) is 0.520. The van der Waals surface area contributed by atoms with Crippen molar-refractivity contribution in [3.8, 4) is 5.75 Å². The van der Waals surface area contributed by atoms with Gasteiger partial charge in [-0.05, 0) is 68.4 Å². The zero-order valence-corrected chi connectivity index (χ0v) is 22.0. The van der Waals surface area contributed by atoms with Crippen LogP contribution in [-0.2, 0) is 19.1 Å². The summed E-state index contributed by atoms with van der Waals surface area (Å²) in [6, 6.07) is 14.7. The molecule has 198 valence electrons. The summed E-state index contributed by atoms with van der Waals surface area (Å²) in [5.41, 5.74) is 4.69. The van der Waals surface area contributed by atoms with Crippen molar-refractivity contribution in [3.05, 3.63) is 87.8 Å². The molecular formula is C31H33NO6. The molecule has 0 aromatic heterocycles. The first-order valence-corrected chi connectivity index (χ1v) is 13.2. The van der Waals surface area contributed by atoms with Gasteiger partial charge in [-0.2, -0.15) is 0 Å². The van der Waals surface area contributed by atoms with E-state index in [1.807, 2.05) is 31.2 Å². The SMILES string of the molecule is COC(=O)c1ccc([C@H]2C(C(=O)OC3CCCC3)=C(C)NC3=C2C(=O)C[C@H](c2ccccc2OC)C3)cc1. The molecule has 2 aromatic carbocycles. The summed E-state index contributed by atoms with van der Waals surface area (Å²) >= 11 is 0. The van der Waals surface area contributed by atoms with Crippen LogP contribution in [-0.4, -0.2) is 38.0 Å². The molecule has 0 radical (unpaired) electrons. The van der Waals surface area contributed by atoms with Crippen LogP contribution in [0.5, 0.6) is 5.75 Å². The normalized spacial score (nSPS) is 21.6.